The first kappa shape index (κ1) is 16.0. The number of nitrogen functional groups attached to an aromatic ring is 1. The molecule has 1 aromatic rings. The van der Waals surface area contributed by atoms with Crippen molar-refractivity contribution in [1.82, 2.24) is 4.31 Å². The van der Waals surface area contributed by atoms with Gasteiger partial charge in [0.15, 0.2) is 11.6 Å². The highest BCUT2D eigenvalue weighted by Gasteiger charge is 2.30. The summed E-state index contributed by atoms with van der Waals surface area (Å²) in [6, 6.07) is 2.22. The lowest BCUT2D eigenvalue weighted by Crippen LogP contribution is -2.38. The number of benzene rings is 1. The van der Waals surface area contributed by atoms with Gasteiger partial charge in [0.1, 0.15) is 0 Å². The van der Waals surface area contributed by atoms with E-state index in [9.17, 15) is 12.8 Å². The van der Waals surface area contributed by atoms with Gasteiger partial charge in [-0.1, -0.05) is 13.3 Å². The Labute approximate surface area is 124 Å². The molecule has 0 spiro atoms. The summed E-state index contributed by atoms with van der Waals surface area (Å²) < 4.78 is 45.1. The Balaban J connectivity index is 2.28. The van der Waals surface area contributed by atoms with Gasteiger partial charge in [-0.15, -0.1) is 0 Å². The molecule has 0 saturated carbocycles. The molecule has 118 valence electrons. The van der Waals surface area contributed by atoms with Crippen molar-refractivity contribution >= 4 is 15.7 Å². The molecular formula is C14H21FN2O3S. The van der Waals surface area contributed by atoms with Crippen LogP contribution in [0.3, 0.4) is 0 Å². The van der Waals surface area contributed by atoms with E-state index in [1.807, 2.05) is 0 Å². The first-order valence-corrected chi connectivity index (χ1v) is 8.47. The number of piperidine rings is 1. The number of ether oxygens (including phenoxy) is 1. The Morgan fingerprint density at radius 2 is 2.00 bits per heavy atom. The number of nitrogens with two attached hydrogens (primary N) is 1. The monoisotopic (exact) mass is 316 g/mol. The summed E-state index contributed by atoms with van der Waals surface area (Å²) in [6.07, 6.45) is 2.73. The molecular weight excluding hydrogens is 295 g/mol. The van der Waals surface area contributed by atoms with E-state index in [2.05, 4.69) is 6.92 Å². The van der Waals surface area contributed by atoms with Gasteiger partial charge in [-0.05, 0) is 30.9 Å². The zero-order valence-corrected chi connectivity index (χ0v) is 13.1. The zero-order valence-electron chi connectivity index (χ0n) is 12.3. The summed E-state index contributed by atoms with van der Waals surface area (Å²) in [5.74, 6) is -0.327. The predicted octanol–water partition coefficient (Wildman–Crippen LogP) is 2.23. The number of nitrogens with zero attached hydrogens (tertiary/aromatic N) is 1. The van der Waals surface area contributed by atoms with E-state index in [-0.39, 0.29) is 16.3 Å². The summed E-state index contributed by atoms with van der Waals surface area (Å²) in [5.41, 5.74) is 5.64. The van der Waals surface area contributed by atoms with Gasteiger partial charge in [0.2, 0.25) is 10.0 Å². The van der Waals surface area contributed by atoms with Crippen LogP contribution in [-0.4, -0.2) is 32.9 Å². The van der Waals surface area contributed by atoms with E-state index in [1.165, 1.54) is 17.5 Å². The SMILES string of the molecule is CCC1CCN(S(=O)(=O)c2cc(N)c(OC)c(F)c2)CC1. The molecule has 7 heteroatoms. The molecule has 0 radical (unpaired) electrons. The molecule has 1 fully saturated rings. The summed E-state index contributed by atoms with van der Waals surface area (Å²) in [7, 11) is -2.42. The van der Waals surface area contributed by atoms with Crippen molar-refractivity contribution in [2.45, 2.75) is 31.1 Å². The Morgan fingerprint density at radius 3 is 2.48 bits per heavy atom. The maximum atomic E-state index is 13.8. The first-order chi connectivity index (χ1) is 9.90. The lowest BCUT2D eigenvalue weighted by molar-refractivity contribution is 0.269. The molecule has 5 nitrogen and oxygen atoms in total. The second-order valence-electron chi connectivity index (χ2n) is 5.28. The van der Waals surface area contributed by atoms with Crippen LogP contribution in [0.5, 0.6) is 5.75 Å². The second kappa shape index (κ2) is 6.19. The molecule has 1 aliphatic rings. The normalized spacial score (nSPS) is 17.9. The number of methoxy groups -OCH3 is 1. The third-order valence-corrected chi connectivity index (χ3v) is 5.92. The van der Waals surface area contributed by atoms with Crippen LogP contribution in [0.25, 0.3) is 0 Å². The summed E-state index contributed by atoms with van der Waals surface area (Å²) in [6.45, 7) is 3.04. The highest BCUT2D eigenvalue weighted by Crippen LogP contribution is 2.31. The average Bonchev–Trinajstić information content (AvgIpc) is 2.47. The van der Waals surface area contributed by atoms with Crippen molar-refractivity contribution in [3.05, 3.63) is 17.9 Å². The van der Waals surface area contributed by atoms with E-state index in [1.54, 1.807) is 0 Å². The lowest BCUT2D eigenvalue weighted by Gasteiger charge is -2.30. The fraction of sp³-hybridized carbons (Fsp3) is 0.571. The van der Waals surface area contributed by atoms with Gasteiger partial charge in [0.25, 0.3) is 0 Å². The van der Waals surface area contributed by atoms with Crippen molar-refractivity contribution in [3.63, 3.8) is 0 Å². The van der Waals surface area contributed by atoms with Crippen LogP contribution in [0.15, 0.2) is 17.0 Å². The van der Waals surface area contributed by atoms with E-state index in [0.29, 0.717) is 19.0 Å². The van der Waals surface area contributed by atoms with Crippen LogP contribution in [0.2, 0.25) is 0 Å². The van der Waals surface area contributed by atoms with Crippen LogP contribution >= 0.6 is 0 Å². The van der Waals surface area contributed by atoms with Gasteiger partial charge < -0.3 is 10.5 Å². The van der Waals surface area contributed by atoms with Crippen LogP contribution in [-0.2, 0) is 10.0 Å². The highest BCUT2D eigenvalue weighted by atomic mass is 32.2. The lowest BCUT2D eigenvalue weighted by atomic mass is 9.96. The Kier molecular flexibility index (Phi) is 4.73. The average molecular weight is 316 g/mol. The topological polar surface area (TPSA) is 72.6 Å². The number of anilines is 1. The van der Waals surface area contributed by atoms with E-state index < -0.39 is 15.8 Å². The second-order valence-corrected chi connectivity index (χ2v) is 7.22. The van der Waals surface area contributed by atoms with Crippen molar-refractivity contribution in [3.8, 4) is 5.75 Å². The minimum absolute atomic E-state index is 0.0143. The molecule has 0 atom stereocenters. The summed E-state index contributed by atoms with van der Waals surface area (Å²) >= 11 is 0. The van der Waals surface area contributed by atoms with Crippen LogP contribution in [0.1, 0.15) is 26.2 Å². The standard InChI is InChI=1S/C14H21FN2O3S/c1-3-10-4-6-17(7-5-10)21(18,19)11-8-12(15)14(20-2)13(16)9-11/h8-10H,3-7,16H2,1-2H3. The number of halogens is 1. The Morgan fingerprint density at radius 1 is 1.38 bits per heavy atom. The number of hydrogen-bond donors (Lipinski definition) is 1. The number of rotatable bonds is 4. The molecule has 1 aliphatic heterocycles. The number of hydrogen-bond acceptors (Lipinski definition) is 4. The van der Waals surface area contributed by atoms with Gasteiger partial charge in [-0.3, -0.25) is 0 Å². The van der Waals surface area contributed by atoms with Crippen LogP contribution in [0, 0.1) is 11.7 Å². The molecule has 0 amide bonds. The Hall–Kier alpha value is -1.34. The third kappa shape index (κ3) is 3.13. The van der Waals surface area contributed by atoms with Crippen molar-refractivity contribution in [1.29, 1.82) is 0 Å². The van der Waals surface area contributed by atoms with Gasteiger partial charge in [0.05, 0.1) is 17.7 Å². The fourth-order valence-corrected chi connectivity index (χ4v) is 4.18. The largest absolute Gasteiger partial charge is 0.492 e. The minimum atomic E-state index is -3.71. The van der Waals surface area contributed by atoms with Crippen molar-refractivity contribution < 1.29 is 17.5 Å². The molecule has 0 aliphatic carbocycles. The zero-order chi connectivity index (χ0) is 15.6. The summed E-state index contributed by atoms with van der Waals surface area (Å²) in [4.78, 5) is -0.117. The molecule has 0 bridgehead atoms. The fourth-order valence-electron chi connectivity index (χ4n) is 2.66. The number of sulfonamides is 1. The quantitative estimate of drug-likeness (QED) is 0.865. The summed E-state index contributed by atoms with van der Waals surface area (Å²) in [5, 5.41) is 0. The van der Waals surface area contributed by atoms with E-state index >= 15 is 0 Å². The molecule has 1 heterocycles. The minimum Gasteiger partial charge on any atom is -0.492 e. The van der Waals surface area contributed by atoms with Crippen LogP contribution in [0.4, 0.5) is 10.1 Å². The predicted molar refractivity (Wildman–Crippen MR) is 79.1 cm³/mol. The molecule has 21 heavy (non-hydrogen) atoms. The van der Waals surface area contributed by atoms with Crippen molar-refractivity contribution in [2.75, 3.05) is 25.9 Å². The van der Waals surface area contributed by atoms with Gasteiger partial charge in [-0.2, -0.15) is 4.31 Å². The molecule has 2 rings (SSSR count). The molecule has 2 N–H and O–H groups in total. The van der Waals surface area contributed by atoms with Gasteiger partial charge >= 0.3 is 0 Å². The smallest absolute Gasteiger partial charge is 0.243 e. The Bertz CT molecular complexity index is 588. The maximum absolute atomic E-state index is 13.8. The molecule has 1 saturated heterocycles. The van der Waals surface area contributed by atoms with Crippen molar-refractivity contribution in [2.24, 2.45) is 5.92 Å². The first-order valence-electron chi connectivity index (χ1n) is 7.03. The van der Waals surface area contributed by atoms with Gasteiger partial charge in [0, 0.05) is 13.1 Å². The molecule has 1 aromatic carbocycles. The molecule has 0 aromatic heterocycles. The third-order valence-electron chi connectivity index (χ3n) is 4.04. The van der Waals surface area contributed by atoms with E-state index in [0.717, 1.165) is 25.3 Å². The molecule has 0 unspecified atom stereocenters. The van der Waals surface area contributed by atoms with Gasteiger partial charge in [-0.25, -0.2) is 12.8 Å². The van der Waals surface area contributed by atoms with E-state index in [4.69, 9.17) is 10.5 Å². The maximum Gasteiger partial charge on any atom is 0.243 e. The highest BCUT2D eigenvalue weighted by molar-refractivity contribution is 7.89. The van der Waals surface area contributed by atoms with Crippen LogP contribution < -0.4 is 10.5 Å².